The SMILES string of the molecule is C[C@H](Cc1ccco1)NC(=O)c1cc(Cl)c2c(c1)OCCO2. The molecule has 1 aliphatic heterocycles. The Morgan fingerprint density at radius 3 is 2.95 bits per heavy atom. The summed E-state index contributed by atoms with van der Waals surface area (Å²) < 4.78 is 16.2. The number of amides is 1. The molecule has 1 aromatic carbocycles. The van der Waals surface area contributed by atoms with Crippen molar-refractivity contribution in [1.29, 1.82) is 0 Å². The monoisotopic (exact) mass is 321 g/mol. The van der Waals surface area contributed by atoms with Gasteiger partial charge in [0.1, 0.15) is 19.0 Å². The van der Waals surface area contributed by atoms with Crippen LogP contribution in [0.2, 0.25) is 5.02 Å². The van der Waals surface area contributed by atoms with Gasteiger partial charge in [-0.15, -0.1) is 0 Å². The molecule has 1 amide bonds. The van der Waals surface area contributed by atoms with E-state index in [0.717, 1.165) is 5.76 Å². The molecule has 0 bridgehead atoms. The lowest BCUT2D eigenvalue weighted by Gasteiger charge is -2.20. The summed E-state index contributed by atoms with van der Waals surface area (Å²) in [5.74, 6) is 1.61. The highest BCUT2D eigenvalue weighted by molar-refractivity contribution is 6.32. The summed E-state index contributed by atoms with van der Waals surface area (Å²) in [6.45, 7) is 2.82. The van der Waals surface area contributed by atoms with Crippen molar-refractivity contribution < 1.29 is 18.7 Å². The normalized spacial score (nSPS) is 14.5. The average molecular weight is 322 g/mol. The van der Waals surface area contributed by atoms with E-state index in [4.69, 9.17) is 25.5 Å². The third-order valence-corrected chi connectivity index (χ3v) is 3.60. The van der Waals surface area contributed by atoms with Crippen LogP contribution < -0.4 is 14.8 Å². The average Bonchev–Trinajstić information content (AvgIpc) is 3.00. The fraction of sp³-hybridized carbons (Fsp3) is 0.312. The van der Waals surface area contributed by atoms with Crippen molar-refractivity contribution in [3.63, 3.8) is 0 Å². The van der Waals surface area contributed by atoms with Crippen LogP contribution in [0.25, 0.3) is 0 Å². The highest BCUT2D eigenvalue weighted by atomic mass is 35.5. The van der Waals surface area contributed by atoms with Gasteiger partial charge < -0.3 is 19.2 Å². The van der Waals surface area contributed by atoms with Gasteiger partial charge in [0.05, 0.1) is 11.3 Å². The number of carbonyl (C=O) groups is 1. The molecule has 6 heteroatoms. The summed E-state index contributed by atoms with van der Waals surface area (Å²) >= 11 is 6.14. The minimum absolute atomic E-state index is 0.0642. The topological polar surface area (TPSA) is 60.7 Å². The first kappa shape index (κ1) is 14.8. The second kappa shape index (κ2) is 6.32. The molecule has 22 heavy (non-hydrogen) atoms. The first-order valence-corrected chi connectivity index (χ1v) is 7.43. The molecule has 2 aromatic rings. The zero-order valence-electron chi connectivity index (χ0n) is 12.1. The van der Waals surface area contributed by atoms with Gasteiger partial charge in [-0.1, -0.05) is 11.6 Å². The summed E-state index contributed by atoms with van der Waals surface area (Å²) in [6, 6.07) is 6.87. The molecule has 116 valence electrons. The van der Waals surface area contributed by atoms with E-state index in [1.54, 1.807) is 18.4 Å². The molecule has 3 rings (SSSR count). The Hall–Kier alpha value is -2.14. The summed E-state index contributed by atoms with van der Waals surface area (Å²) in [5.41, 5.74) is 0.445. The lowest BCUT2D eigenvalue weighted by molar-refractivity contribution is 0.0938. The number of carbonyl (C=O) groups excluding carboxylic acids is 1. The predicted octanol–water partition coefficient (Wildman–Crippen LogP) is 3.07. The van der Waals surface area contributed by atoms with Gasteiger partial charge in [0.15, 0.2) is 11.5 Å². The summed E-state index contributed by atoms with van der Waals surface area (Å²) in [6.07, 6.45) is 2.24. The number of hydrogen-bond donors (Lipinski definition) is 1. The molecule has 0 saturated heterocycles. The second-order valence-corrected chi connectivity index (χ2v) is 5.55. The van der Waals surface area contributed by atoms with Gasteiger partial charge in [-0.2, -0.15) is 0 Å². The van der Waals surface area contributed by atoms with Crippen molar-refractivity contribution in [3.8, 4) is 11.5 Å². The van der Waals surface area contributed by atoms with Crippen LogP contribution in [-0.4, -0.2) is 25.2 Å². The maximum absolute atomic E-state index is 12.3. The van der Waals surface area contributed by atoms with E-state index >= 15 is 0 Å². The number of fused-ring (bicyclic) bond motifs is 1. The molecule has 1 N–H and O–H groups in total. The minimum Gasteiger partial charge on any atom is -0.486 e. The van der Waals surface area contributed by atoms with Crippen LogP contribution in [0.3, 0.4) is 0 Å². The van der Waals surface area contributed by atoms with Crippen LogP contribution in [-0.2, 0) is 6.42 Å². The molecule has 0 spiro atoms. The molecular weight excluding hydrogens is 306 g/mol. The Balaban J connectivity index is 1.70. The van der Waals surface area contributed by atoms with Gasteiger partial charge in [0.2, 0.25) is 0 Å². The molecule has 0 unspecified atom stereocenters. The van der Waals surface area contributed by atoms with Crippen LogP contribution in [0.5, 0.6) is 11.5 Å². The Bertz CT molecular complexity index is 669. The number of furan rings is 1. The molecule has 1 atom stereocenters. The van der Waals surface area contributed by atoms with Crippen LogP contribution in [0, 0.1) is 0 Å². The number of halogens is 1. The molecule has 2 heterocycles. The number of hydrogen-bond acceptors (Lipinski definition) is 4. The first-order chi connectivity index (χ1) is 10.6. The molecule has 0 fully saturated rings. The number of benzene rings is 1. The Labute approximate surface area is 133 Å². The fourth-order valence-electron chi connectivity index (χ4n) is 2.33. The Morgan fingerprint density at radius 2 is 2.18 bits per heavy atom. The second-order valence-electron chi connectivity index (χ2n) is 5.14. The smallest absolute Gasteiger partial charge is 0.251 e. The summed E-state index contributed by atoms with van der Waals surface area (Å²) in [5, 5.41) is 3.29. The highest BCUT2D eigenvalue weighted by Gasteiger charge is 2.20. The van der Waals surface area contributed by atoms with Gasteiger partial charge >= 0.3 is 0 Å². The number of rotatable bonds is 4. The number of ether oxygens (including phenoxy) is 2. The van der Waals surface area contributed by atoms with Crippen molar-refractivity contribution in [2.75, 3.05) is 13.2 Å². The van der Waals surface area contributed by atoms with Crippen LogP contribution in [0.1, 0.15) is 23.0 Å². The van der Waals surface area contributed by atoms with Crippen LogP contribution in [0.4, 0.5) is 0 Å². The lowest BCUT2D eigenvalue weighted by Crippen LogP contribution is -2.34. The number of nitrogens with one attached hydrogen (secondary N) is 1. The van der Waals surface area contributed by atoms with E-state index < -0.39 is 0 Å². The predicted molar refractivity (Wildman–Crippen MR) is 81.8 cm³/mol. The third kappa shape index (κ3) is 3.20. The largest absolute Gasteiger partial charge is 0.486 e. The quantitative estimate of drug-likeness (QED) is 0.940. The molecule has 1 aromatic heterocycles. The van der Waals surface area contributed by atoms with Crippen LogP contribution in [0.15, 0.2) is 34.9 Å². The first-order valence-electron chi connectivity index (χ1n) is 7.06. The standard InChI is InChI=1S/C16H16ClNO4/c1-10(7-12-3-2-4-20-12)18-16(19)11-8-13(17)15-14(9-11)21-5-6-22-15/h2-4,8-10H,5-7H2,1H3,(H,18,19)/t10-/m1/s1. The zero-order valence-corrected chi connectivity index (χ0v) is 12.9. The van der Waals surface area contributed by atoms with Crippen molar-refractivity contribution in [2.24, 2.45) is 0 Å². The summed E-state index contributed by atoms with van der Waals surface area (Å²) in [7, 11) is 0. The third-order valence-electron chi connectivity index (χ3n) is 3.32. The van der Waals surface area contributed by atoms with Crippen molar-refractivity contribution >= 4 is 17.5 Å². The molecule has 0 saturated carbocycles. The van der Waals surface area contributed by atoms with E-state index in [1.165, 1.54) is 0 Å². The Morgan fingerprint density at radius 1 is 1.36 bits per heavy atom. The van der Waals surface area contributed by atoms with Crippen molar-refractivity contribution in [1.82, 2.24) is 5.32 Å². The molecule has 5 nitrogen and oxygen atoms in total. The molecule has 1 aliphatic rings. The maximum atomic E-state index is 12.3. The van der Waals surface area contributed by atoms with Gasteiger partial charge in [-0.05, 0) is 31.2 Å². The van der Waals surface area contributed by atoms with Gasteiger partial charge in [0, 0.05) is 18.0 Å². The van der Waals surface area contributed by atoms with Gasteiger partial charge in [0.25, 0.3) is 5.91 Å². The van der Waals surface area contributed by atoms with Gasteiger partial charge in [-0.3, -0.25) is 4.79 Å². The van der Waals surface area contributed by atoms with E-state index in [1.807, 2.05) is 19.1 Å². The van der Waals surface area contributed by atoms with Crippen molar-refractivity contribution in [3.05, 3.63) is 46.9 Å². The van der Waals surface area contributed by atoms with Crippen molar-refractivity contribution in [2.45, 2.75) is 19.4 Å². The van der Waals surface area contributed by atoms with Crippen LogP contribution >= 0.6 is 11.6 Å². The van der Waals surface area contributed by atoms with E-state index in [-0.39, 0.29) is 11.9 Å². The fourth-order valence-corrected chi connectivity index (χ4v) is 2.60. The Kier molecular flexibility index (Phi) is 4.24. The highest BCUT2D eigenvalue weighted by Crippen LogP contribution is 2.38. The molecule has 0 radical (unpaired) electrons. The molecular formula is C16H16ClNO4. The lowest BCUT2D eigenvalue weighted by atomic mass is 10.1. The molecule has 0 aliphatic carbocycles. The zero-order chi connectivity index (χ0) is 15.5. The van der Waals surface area contributed by atoms with E-state index in [0.29, 0.717) is 41.7 Å². The van der Waals surface area contributed by atoms with E-state index in [2.05, 4.69) is 5.32 Å². The van der Waals surface area contributed by atoms with Gasteiger partial charge in [-0.25, -0.2) is 0 Å². The minimum atomic E-state index is -0.210. The van der Waals surface area contributed by atoms with E-state index in [9.17, 15) is 4.79 Å². The maximum Gasteiger partial charge on any atom is 0.251 e. The summed E-state index contributed by atoms with van der Waals surface area (Å²) in [4.78, 5) is 12.3.